The topological polar surface area (TPSA) is 42.1 Å². The van der Waals surface area contributed by atoms with Crippen molar-refractivity contribution in [2.45, 2.75) is 6.92 Å². The van der Waals surface area contributed by atoms with E-state index in [9.17, 15) is 4.79 Å². The molecule has 0 aliphatic carbocycles. The van der Waals surface area contributed by atoms with E-state index in [1.54, 1.807) is 13.2 Å². The maximum Gasteiger partial charge on any atom is 0.189 e. The minimum Gasteiger partial charge on any atom is -0.496 e. The quantitative estimate of drug-likeness (QED) is 0.216. The Balaban J connectivity index is 1.64. The summed E-state index contributed by atoms with van der Waals surface area (Å²) in [5, 5.41) is 1.01. The predicted molar refractivity (Wildman–Crippen MR) is 140 cm³/mol. The van der Waals surface area contributed by atoms with Crippen molar-refractivity contribution in [3.63, 3.8) is 0 Å². The summed E-state index contributed by atoms with van der Waals surface area (Å²) in [6.45, 7) is 2.04. The number of rotatable bonds is 6. The Labute approximate surface area is 199 Å². The van der Waals surface area contributed by atoms with Gasteiger partial charge in [0.2, 0.25) is 0 Å². The number of ether oxygens (including phenoxy) is 1. The first-order valence-corrected chi connectivity index (χ1v) is 11.3. The molecule has 3 nitrogen and oxygen atoms in total. The Kier molecular flexibility index (Phi) is 5.84. The number of aromatic amines is 1. The maximum absolute atomic E-state index is 13.2. The number of fused-ring (bicyclic) bond motifs is 1. The molecule has 4 aromatic carbocycles. The molecule has 0 saturated heterocycles. The van der Waals surface area contributed by atoms with Gasteiger partial charge in [-0.2, -0.15) is 0 Å². The zero-order valence-corrected chi connectivity index (χ0v) is 19.2. The van der Waals surface area contributed by atoms with Crippen LogP contribution in [-0.2, 0) is 0 Å². The zero-order valence-electron chi connectivity index (χ0n) is 19.2. The van der Waals surface area contributed by atoms with Crippen LogP contribution in [0, 0.1) is 6.92 Å². The lowest BCUT2D eigenvalue weighted by Gasteiger charge is -2.08. The number of carbonyl (C=O) groups excluding carboxylic acids is 1. The number of allylic oxidation sites excluding steroid dienone is 1. The SMILES string of the molecule is COc1cc2c(-c3ccccc3)c(-c3ccccc3)[nH]c2cc1C(=O)C=Cc1ccc(C)cc1. The van der Waals surface area contributed by atoms with E-state index in [2.05, 4.69) is 29.2 Å². The summed E-state index contributed by atoms with van der Waals surface area (Å²) in [7, 11) is 1.61. The molecule has 3 heteroatoms. The minimum absolute atomic E-state index is 0.101. The lowest BCUT2D eigenvalue weighted by molar-refractivity contribution is 0.104. The number of benzene rings is 4. The minimum atomic E-state index is -0.101. The highest BCUT2D eigenvalue weighted by atomic mass is 16.5. The molecule has 0 unspecified atom stereocenters. The van der Waals surface area contributed by atoms with E-state index in [1.807, 2.05) is 85.8 Å². The third-order valence-electron chi connectivity index (χ3n) is 6.01. The van der Waals surface area contributed by atoms with E-state index < -0.39 is 0 Å². The van der Waals surface area contributed by atoms with Crippen LogP contribution in [0.15, 0.2) is 103 Å². The number of aryl methyl sites for hydroxylation is 1. The molecule has 0 atom stereocenters. The molecule has 0 radical (unpaired) electrons. The third kappa shape index (κ3) is 4.16. The van der Waals surface area contributed by atoms with E-state index in [0.29, 0.717) is 11.3 Å². The molecular formula is C31H25NO2. The standard InChI is InChI=1S/C31H25NO2/c1-21-13-15-22(16-14-21)17-18-28(33)26-19-27-25(20-29(26)34-2)30(23-9-5-3-6-10-23)31(32-27)24-11-7-4-8-12-24/h3-20,32H,1-2H3. The van der Waals surface area contributed by atoms with Crippen LogP contribution < -0.4 is 4.74 Å². The van der Waals surface area contributed by atoms with Gasteiger partial charge >= 0.3 is 0 Å². The summed E-state index contributed by atoms with van der Waals surface area (Å²) in [5.74, 6) is 0.457. The number of hydrogen-bond donors (Lipinski definition) is 1. The molecule has 1 aromatic heterocycles. The number of carbonyl (C=O) groups is 1. The second-order valence-corrected chi connectivity index (χ2v) is 8.31. The van der Waals surface area contributed by atoms with Crippen LogP contribution in [0.3, 0.4) is 0 Å². The van der Waals surface area contributed by atoms with Gasteiger partial charge in [0.05, 0.1) is 18.4 Å². The highest BCUT2D eigenvalue weighted by Gasteiger charge is 2.19. The van der Waals surface area contributed by atoms with E-state index in [0.717, 1.165) is 38.9 Å². The van der Waals surface area contributed by atoms with Crippen molar-refractivity contribution in [1.29, 1.82) is 0 Å². The Morgan fingerprint density at radius 3 is 2.12 bits per heavy atom. The van der Waals surface area contributed by atoms with Gasteiger partial charge in [-0.15, -0.1) is 0 Å². The van der Waals surface area contributed by atoms with Crippen LogP contribution in [0.4, 0.5) is 0 Å². The molecule has 0 fully saturated rings. The number of ketones is 1. The monoisotopic (exact) mass is 443 g/mol. The van der Waals surface area contributed by atoms with E-state index in [4.69, 9.17) is 4.74 Å². The largest absolute Gasteiger partial charge is 0.496 e. The van der Waals surface area contributed by atoms with Crippen molar-refractivity contribution in [3.8, 4) is 28.1 Å². The molecule has 166 valence electrons. The lowest BCUT2D eigenvalue weighted by atomic mass is 9.97. The summed E-state index contributed by atoms with van der Waals surface area (Å²) < 4.78 is 5.68. The number of hydrogen-bond acceptors (Lipinski definition) is 2. The van der Waals surface area contributed by atoms with Gasteiger partial charge in [-0.3, -0.25) is 4.79 Å². The molecule has 5 rings (SSSR count). The summed E-state index contributed by atoms with van der Waals surface area (Å²) in [6.07, 6.45) is 3.44. The van der Waals surface area contributed by atoms with E-state index in [-0.39, 0.29) is 5.78 Å². The first-order valence-electron chi connectivity index (χ1n) is 11.3. The molecular weight excluding hydrogens is 418 g/mol. The van der Waals surface area contributed by atoms with Gasteiger partial charge in [0.25, 0.3) is 0 Å². The molecule has 1 N–H and O–H groups in total. The van der Waals surface area contributed by atoms with Gasteiger partial charge in [-0.05, 0) is 41.8 Å². The number of nitrogens with one attached hydrogen (secondary N) is 1. The Hall–Kier alpha value is -4.37. The van der Waals surface area contributed by atoms with Crippen molar-refractivity contribution in [2.75, 3.05) is 7.11 Å². The predicted octanol–water partition coefficient (Wildman–Crippen LogP) is 7.72. The first-order chi connectivity index (χ1) is 16.6. The Morgan fingerprint density at radius 1 is 0.824 bits per heavy atom. The van der Waals surface area contributed by atoms with E-state index >= 15 is 0 Å². The van der Waals surface area contributed by atoms with Crippen LogP contribution in [0.5, 0.6) is 5.75 Å². The molecule has 5 aromatic rings. The van der Waals surface area contributed by atoms with Crippen LogP contribution in [0.2, 0.25) is 0 Å². The van der Waals surface area contributed by atoms with Gasteiger partial charge in [0.1, 0.15) is 5.75 Å². The molecule has 0 bridgehead atoms. The van der Waals surface area contributed by atoms with Crippen LogP contribution in [0.25, 0.3) is 39.4 Å². The van der Waals surface area contributed by atoms with Crippen molar-refractivity contribution in [3.05, 3.63) is 120 Å². The first kappa shape index (κ1) is 21.5. The smallest absolute Gasteiger partial charge is 0.189 e. The average molecular weight is 444 g/mol. The van der Waals surface area contributed by atoms with Gasteiger partial charge < -0.3 is 9.72 Å². The molecule has 0 aliphatic heterocycles. The van der Waals surface area contributed by atoms with Crippen molar-refractivity contribution in [1.82, 2.24) is 4.98 Å². The molecule has 0 spiro atoms. The van der Waals surface area contributed by atoms with Crippen LogP contribution in [-0.4, -0.2) is 17.9 Å². The lowest BCUT2D eigenvalue weighted by Crippen LogP contribution is -1.99. The summed E-state index contributed by atoms with van der Waals surface area (Å²) in [5.41, 5.74) is 7.89. The molecule has 0 aliphatic rings. The third-order valence-corrected chi connectivity index (χ3v) is 6.01. The van der Waals surface area contributed by atoms with E-state index in [1.165, 1.54) is 5.56 Å². The normalized spacial score (nSPS) is 11.2. The zero-order chi connectivity index (χ0) is 23.5. The van der Waals surface area contributed by atoms with Crippen molar-refractivity contribution in [2.24, 2.45) is 0 Å². The molecule has 0 amide bonds. The van der Waals surface area contributed by atoms with Crippen molar-refractivity contribution < 1.29 is 9.53 Å². The Morgan fingerprint density at radius 2 is 1.47 bits per heavy atom. The average Bonchev–Trinajstić information content (AvgIpc) is 3.27. The summed E-state index contributed by atoms with van der Waals surface area (Å²) >= 11 is 0. The summed E-state index contributed by atoms with van der Waals surface area (Å²) in [6, 6.07) is 32.5. The van der Waals surface area contributed by atoms with Gasteiger partial charge in [0.15, 0.2) is 5.78 Å². The highest BCUT2D eigenvalue weighted by Crippen LogP contribution is 2.40. The van der Waals surface area contributed by atoms with Crippen LogP contribution >= 0.6 is 0 Å². The second kappa shape index (κ2) is 9.24. The fraction of sp³-hybridized carbons (Fsp3) is 0.0645. The molecule has 1 heterocycles. The van der Waals surface area contributed by atoms with Gasteiger partial charge in [-0.1, -0.05) is 96.6 Å². The fourth-order valence-corrected chi connectivity index (χ4v) is 4.25. The molecule has 34 heavy (non-hydrogen) atoms. The number of aromatic nitrogens is 1. The Bertz CT molecular complexity index is 1480. The molecule has 0 saturated carbocycles. The number of methoxy groups -OCH3 is 1. The summed E-state index contributed by atoms with van der Waals surface area (Å²) in [4.78, 5) is 16.7. The highest BCUT2D eigenvalue weighted by molar-refractivity contribution is 6.13. The second-order valence-electron chi connectivity index (χ2n) is 8.31. The van der Waals surface area contributed by atoms with Crippen molar-refractivity contribution >= 4 is 22.8 Å². The maximum atomic E-state index is 13.2. The number of H-pyrrole nitrogens is 1. The van der Waals surface area contributed by atoms with Gasteiger partial charge in [-0.25, -0.2) is 0 Å². The fourth-order valence-electron chi connectivity index (χ4n) is 4.25. The van der Waals surface area contributed by atoms with Gasteiger partial charge in [0, 0.05) is 16.5 Å². The van der Waals surface area contributed by atoms with Crippen LogP contribution in [0.1, 0.15) is 21.5 Å².